The van der Waals surface area contributed by atoms with E-state index < -0.39 is 0 Å². The summed E-state index contributed by atoms with van der Waals surface area (Å²) in [6, 6.07) is 5.84. The van der Waals surface area contributed by atoms with Gasteiger partial charge in [0.05, 0.1) is 18.2 Å². The third-order valence-corrected chi connectivity index (χ3v) is 4.12. The topological polar surface area (TPSA) is 52.6 Å². The molecule has 0 bridgehead atoms. The molecule has 4 nitrogen and oxygen atoms in total. The van der Waals surface area contributed by atoms with Crippen LogP contribution in [0.4, 0.5) is 5.69 Å². The molecule has 2 rings (SSSR count). The Labute approximate surface area is 127 Å². The molecule has 0 saturated carbocycles. The molecule has 0 aliphatic carbocycles. The van der Waals surface area contributed by atoms with Gasteiger partial charge in [0, 0.05) is 18.8 Å². The lowest BCUT2D eigenvalue weighted by Crippen LogP contribution is -2.42. The molecule has 1 aromatic carbocycles. The predicted octanol–water partition coefficient (Wildman–Crippen LogP) is 2.80. The van der Waals surface area contributed by atoms with E-state index in [0.717, 1.165) is 50.0 Å². The summed E-state index contributed by atoms with van der Waals surface area (Å²) in [7, 11) is 0. The maximum Gasteiger partial charge on any atom is 0.256 e. The lowest BCUT2D eigenvalue weighted by molar-refractivity contribution is 0.0601. The first-order valence-corrected chi connectivity index (χ1v) is 7.93. The SMILES string of the molecule is CCNc1cc(C)ccc1C(=O)N1CCCCCC1CO. The van der Waals surface area contributed by atoms with Gasteiger partial charge in [0.15, 0.2) is 0 Å². The van der Waals surface area contributed by atoms with Gasteiger partial charge >= 0.3 is 0 Å². The Balaban J connectivity index is 2.28. The molecule has 1 aliphatic rings. The van der Waals surface area contributed by atoms with Crippen LogP contribution in [0.1, 0.15) is 48.5 Å². The molecule has 0 aromatic heterocycles. The first-order chi connectivity index (χ1) is 10.2. The first kappa shape index (κ1) is 15.8. The van der Waals surface area contributed by atoms with Gasteiger partial charge in [-0.2, -0.15) is 0 Å². The molecule has 1 heterocycles. The van der Waals surface area contributed by atoms with Gasteiger partial charge in [-0.1, -0.05) is 18.9 Å². The second kappa shape index (κ2) is 7.46. The number of amides is 1. The summed E-state index contributed by atoms with van der Waals surface area (Å²) < 4.78 is 0. The van der Waals surface area contributed by atoms with Gasteiger partial charge in [0.25, 0.3) is 5.91 Å². The van der Waals surface area contributed by atoms with Crippen LogP contribution in [-0.2, 0) is 0 Å². The number of nitrogens with zero attached hydrogens (tertiary/aromatic N) is 1. The second-order valence-corrected chi connectivity index (χ2v) is 5.76. The van der Waals surface area contributed by atoms with E-state index in [4.69, 9.17) is 0 Å². The molecule has 1 unspecified atom stereocenters. The molecular weight excluding hydrogens is 264 g/mol. The largest absolute Gasteiger partial charge is 0.394 e. The van der Waals surface area contributed by atoms with Crippen molar-refractivity contribution in [2.24, 2.45) is 0 Å². The summed E-state index contributed by atoms with van der Waals surface area (Å²) in [6.07, 6.45) is 4.13. The summed E-state index contributed by atoms with van der Waals surface area (Å²) in [5.41, 5.74) is 2.74. The van der Waals surface area contributed by atoms with E-state index in [-0.39, 0.29) is 18.6 Å². The Morgan fingerprint density at radius 3 is 2.90 bits per heavy atom. The molecule has 1 fully saturated rings. The average molecular weight is 290 g/mol. The van der Waals surface area contributed by atoms with E-state index in [9.17, 15) is 9.90 Å². The Morgan fingerprint density at radius 2 is 2.19 bits per heavy atom. The minimum Gasteiger partial charge on any atom is -0.394 e. The van der Waals surface area contributed by atoms with Gasteiger partial charge < -0.3 is 15.3 Å². The van der Waals surface area contributed by atoms with E-state index in [2.05, 4.69) is 5.32 Å². The van der Waals surface area contributed by atoms with Crippen molar-refractivity contribution in [2.75, 3.05) is 25.0 Å². The molecule has 2 N–H and O–H groups in total. The zero-order valence-electron chi connectivity index (χ0n) is 13.1. The van der Waals surface area contributed by atoms with Gasteiger partial charge in [-0.25, -0.2) is 0 Å². The number of carbonyl (C=O) groups is 1. The molecule has 1 saturated heterocycles. The van der Waals surface area contributed by atoms with Gasteiger partial charge in [-0.15, -0.1) is 0 Å². The van der Waals surface area contributed by atoms with Crippen LogP contribution in [-0.4, -0.2) is 41.7 Å². The monoisotopic (exact) mass is 290 g/mol. The smallest absolute Gasteiger partial charge is 0.256 e. The van der Waals surface area contributed by atoms with Gasteiger partial charge in [-0.05, 0) is 44.4 Å². The van der Waals surface area contributed by atoms with Crippen LogP contribution in [0.5, 0.6) is 0 Å². The highest BCUT2D eigenvalue weighted by molar-refractivity contribution is 6.00. The van der Waals surface area contributed by atoms with Crippen LogP contribution in [0.15, 0.2) is 18.2 Å². The number of likely N-dealkylation sites (tertiary alicyclic amines) is 1. The highest BCUT2D eigenvalue weighted by Crippen LogP contribution is 2.24. The quantitative estimate of drug-likeness (QED) is 0.896. The molecule has 21 heavy (non-hydrogen) atoms. The second-order valence-electron chi connectivity index (χ2n) is 5.76. The molecule has 4 heteroatoms. The highest BCUT2D eigenvalue weighted by Gasteiger charge is 2.27. The number of benzene rings is 1. The lowest BCUT2D eigenvalue weighted by atomic mass is 10.1. The van der Waals surface area contributed by atoms with Gasteiger partial charge in [0.1, 0.15) is 0 Å². The van der Waals surface area contributed by atoms with E-state index in [1.54, 1.807) is 0 Å². The summed E-state index contributed by atoms with van der Waals surface area (Å²) >= 11 is 0. The number of aliphatic hydroxyl groups excluding tert-OH is 1. The zero-order valence-corrected chi connectivity index (χ0v) is 13.1. The average Bonchev–Trinajstić information content (AvgIpc) is 2.72. The van der Waals surface area contributed by atoms with Gasteiger partial charge in [0.2, 0.25) is 0 Å². The number of carbonyl (C=O) groups excluding carboxylic acids is 1. The summed E-state index contributed by atoms with van der Waals surface area (Å²) in [5.74, 6) is 0.0342. The molecule has 116 valence electrons. The predicted molar refractivity (Wildman–Crippen MR) is 85.7 cm³/mol. The van der Waals surface area contributed by atoms with Crippen molar-refractivity contribution in [1.29, 1.82) is 0 Å². The molecule has 1 aliphatic heterocycles. The summed E-state index contributed by atoms with van der Waals surface area (Å²) in [6.45, 7) is 5.63. The van der Waals surface area contributed by atoms with Crippen LogP contribution >= 0.6 is 0 Å². The molecular formula is C17H26N2O2. The third-order valence-electron chi connectivity index (χ3n) is 4.12. The van der Waals surface area contributed by atoms with Crippen molar-refractivity contribution in [1.82, 2.24) is 4.90 Å². The van der Waals surface area contributed by atoms with Crippen LogP contribution in [0.2, 0.25) is 0 Å². The number of anilines is 1. The minimum absolute atomic E-state index is 0.0342. The van der Waals surface area contributed by atoms with E-state index >= 15 is 0 Å². The van der Waals surface area contributed by atoms with E-state index in [1.165, 1.54) is 0 Å². The Morgan fingerprint density at radius 1 is 1.38 bits per heavy atom. The number of nitrogens with one attached hydrogen (secondary N) is 1. The maximum absolute atomic E-state index is 12.9. The van der Waals surface area contributed by atoms with Crippen molar-refractivity contribution in [3.8, 4) is 0 Å². The Kier molecular flexibility index (Phi) is 5.62. The molecule has 1 aromatic rings. The fourth-order valence-corrected chi connectivity index (χ4v) is 2.97. The molecule has 0 spiro atoms. The van der Waals surface area contributed by atoms with E-state index in [0.29, 0.717) is 5.56 Å². The fraction of sp³-hybridized carbons (Fsp3) is 0.588. The third kappa shape index (κ3) is 3.76. The van der Waals surface area contributed by atoms with Crippen molar-refractivity contribution >= 4 is 11.6 Å². The van der Waals surface area contributed by atoms with Crippen molar-refractivity contribution in [3.63, 3.8) is 0 Å². The number of aryl methyl sites for hydroxylation is 1. The normalized spacial score (nSPS) is 19.2. The maximum atomic E-state index is 12.9. The number of hydrogen-bond donors (Lipinski definition) is 2. The van der Waals surface area contributed by atoms with Crippen molar-refractivity contribution < 1.29 is 9.90 Å². The van der Waals surface area contributed by atoms with Crippen molar-refractivity contribution in [2.45, 2.75) is 45.6 Å². The number of hydrogen-bond acceptors (Lipinski definition) is 3. The fourth-order valence-electron chi connectivity index (χ4n) is 2.97. The molecule has 1 amide bonds. The Hall–Kier alpha value is -1.55. The van der Waals surface area contributed by atoms with Gasteiger partial charge in [-0.3, -0.25) is 4.79 Å². The molecule has 0 radical (unpaired) electrons. The zero-order chi connectivity index (χ0) is 15.2. The standard InChI is InChI=1S/C17H26N2O2/c1-3-18-16-11-13(2)8-9-15(16)17(21)19-10-6-4-5-7-14(19)12-20/h8-9,11,14,18,20H,3-7,10,12H2,1-2H3. The summed E-state index contributed by atoms with van der Waals surface area (Å²) in [4.78, 5) is 14.8. The first-order valence-electron chi connectivity index (χ1n) is 7.93. The van der Waals surface area contributed by atoms with Crippen molar-refractivity contribution in [3.05, 3.63) is 29.3 Å². The van der Waals surface area contributed by atoms with Crippen LogP contribution < -0.4 is 5.32 Å². The van der Waals surface area contributed by atoms with Crippen LogP contribution in [0.3, 0.4) is 0 Å². The van der Waals surface area contributed by atoms with E-state index in [1.807, 2.05) is 36.9 Å². The highest BCUT2D eigenvalue weighted by atomic mass is 16.3. The van der Waals surface area contributed by atoms with Crippen LogP contribution in [0, 0.1) is 6.92 Å². The van der Waals surface area contributed by atoms with Crippen LogP contribution in [0.25, 0.3) is 0 Å². The minimum atomic E-state index is -0.0456. The Bertz CT molecular complexity index is 488. The summed E-state index contributed by atoms with van der Waals surface area (Å²) in [5, 5.41) is 12.9. The number of aliphatic hydroxyl groups is 1. The number of rotatable bonds is 4. The lowest BCUT2D eigenvalue weighted by Gasteiger charge is -2.29. The molecule has 1 atom stereocenters.